The third-order valence-electron chi connectivity index (χ3n) is 6.00. The van der Waals surface area contributed by atoms with Crippen molar-refractivity contribution in [3.63, 3.8) is 0 Å². The standard InChI is InChI=1S/C17H23N5O2S/c23-14(11-1-2-11)22-7-12-5-18-9-17(12,10-22)15(24)19-6-13-8-21-3-4-25-16(21)20-13/h8,11-12,18H,1-7,9-10H2,(H,19,24)/t12-,17-/m0/s1. The summed E-state index contributed by atoms with van der Waals surface area (Å²) in [5.74, 6) is 1.84. The monoisotopic (exact) mass is 361 g/mol. The lowest BCUT2D eigenvalue weighted by Gasteiger charge is -2.26. The number of thioether (sulfide) groups is 1. The zero-order valence-electron chi connectivity index (χ0n) is 14.2. The van der Waals surface area contributed by atoms with Crippen molar-refractivity contribution < 1.29 is 9.59 Å². The Morgan fingerprint density at radius 3 is 3.12 bits per heavy atom. The second-order valence-corrected chi connectivity index (χ2v) is 8.78. The van der Waals surface area contributed by atoms with Gasteiger partial charge in [0.1, 0.15) is 0 Å². The number of aryl methyl sites for hydroxylation is 1. The molecule has 4 aliphatic rings. The molecule has 0 radical (unpaired) electrons. The molecule has 1 aliphatic carbocycles. The molecular formula is C17H23N5O2S. The number of amides is 2. The topological polar surface area (TPSA) is 79.3 Å². The van der Waals surface area contributed by atoms with Crippen molar-refractivity contribution in [2.45, 2.75) is 31.1 Å². The summed E-state index contributed by atoms with van der Waals surface area (Å²) in [5, 5.41) is 7.50. The van der Waals surface area contributed by atoms with Crippen molar-refractivity contribution in [2.24, 2.45) is 17.3 Å². The van der Waals surface area contributed by atoms with Gasteiger partial charge in [-0.25, -0.2) is 4.98 Å². The first kappa shape index (κ1) is 15.7. The Hall–Kier alpha value is -1.54. The molecule has 5 rings (SSSR count). The highest BCUT2D eigenvalue weighted by Crippen LogP contribution is 2.42. The van der Waals surface area contributed by atoms with Crippen LogP contribution in [-0.4, -0.2) is 58.2 Å². The van der Waals surface area contributed by atoms with Crippen LogP contribution in [0.1, 0.15) is 18.5 Å². The van der Waals surface area contributed by atoms with Gasteiger partial charge in [-0.1, -0.05) is 11.8 Å². The molecule has 0 spiro atoms. The van der Waals surface area contributed by atoms with Crippen LogP contribution in [0.15, 0.2) is 11.4 Å². The van der Waals surface area contributed by atoms with Crippen LogP contribution in [0.2, 0.25) is 0 Å². The normalized spacial score (nSPS) is 30.4. The van der Waals surface area contributed by atoms with Crippen molar-refractivity contribution in [1.82, 2.24) is 25.1 Å². The molecule has 2 N–H and O–H groups in total. The van der Waals surface area contributed by atoms with Crippen LogP contribution < -0.4 is 10.6 Å². The molecule has 0 aromatic carbocycles. The fourth-order valence-corrected chi connectivity index (χ4v) is 5.35. The number of imidazole rings is 1. The van der Waals surface area contributed by atoms with Crippen LogP contribution in [0.25, 0.3) is 0 Å². The van der Waals surface area contributed by atoms with E-state index in [4.69, 9.17) is 0 Å². The molecule has 2 amide bonds. The molecule has 2 atom stereocenters. The minimum absolute atomic E-state index is 0.0643. The fourth-order valence-electron chi connectivity index (χ4n) is 4.39. The third-order valence-corrected chi connectivity index (χ3v) is 6.97. The average molecular weight is 361 g/mol. The molecule has 25 heavy (non-hydrogen) atoms. The quantitative estimate of drug-likeness (QED) is 0.793. The molecule has 2 saturated heterocycles. The number of carbonyl (C=O) groups excluding carboxylic acids is 2. The number of nitrogens with zero attached hydrogens (tertiary/aromatic N) is 3. The van der Waals surface area contributed by atoms with Crippen LogP contribution in [0, 0.1) is 17.3 Å². The molecule has 134 valence electrons. The summed E-state index contributed by atoms with van der Waals surface area (Å²) in [7, 11) is 0. The molecule has 3 fully saturated rings. The number of hydrogen-bond acceptors (Lipinski definition) is 5. The average Bonchev–Trinajstić information content (AvgIpc) is 2.92. The Kier molecular flexibility index (Phi) is 3.60. The molecule has 4 heterocycles. The summed E-state index contributed by atoms with van der Waals surface area (Å²) in [6, 6.07) is 0. The van der Waals surface area contributed by atoms with Gasteiger partial charge in [0.25, 0.3) is 0 Å². The molecule has 3 aliphatic heterocycles. The van der Waals surface area contributed by atoms with Crippen molar-refractivity contribution in [3.05, 3.63) is 11.9 Å². The number of likely N-dealkylation sites (tertiary alicyclic amines) is 1. The van der Waals surface area contributed by atoms with Crippen LogP contribution in [-0.2, 0) is 22.7 Å². The van der Waals surface area contributed by atoms with E-state index in [9.17, 15) is 9.59 Å². The lowest BCUT2D eigenvalue weighted by molar-refractivity contribution is -0.134. The molecule has 1 aromatic rings. The zero-order chi connectivity index (χ0) is 17.0. The molecule has 0 bridgehead atoms. The highest BCUT2D eigenvalue weighted by Gasteiger charge is 2.56. The number of carbonyl (C=O) groups is 2. The number of nitrogens with one attached hydrogen (secondary N) is 2. The first-order valence-electron chi connectivity index (χ1n) is 9.12. The third kappa shape index (κ3) is 2.57. The van der Waals surface area contributed by atoms with Crippen LogP contribution in [0.5, 0.6) is 0 Å². The summed E-state index contributed by atoms with van der Waals surface area (Å²) >= 11 is 1.76. The molecule has 1 aromatic heterocycles. The van der Waals surface area contributed by atoms with Gasteiger partial charge in [0, 0.05) is 56.5 Å². The first-order chi connectivity index (χ1) is 12.2. The van der Waals surface area contributed by atoms with Gasteiger partial charge in [0.2, 0.25) is 11.8 Å². The summed E-state index contributed by atoms with van der Waals surface area (Å²) in [4.78, 5) is 32.0. The smallest absolute Gasteiger partial charge is 0.230 e. The van der Waals surface area contributed by atoms with Crippen molar-refractivity contribution in [2.75, 3.05) is 31.9 Å². The Bertz CT molecular complexity index is 709. The summed E-state index contributed by atoms with van der Waals surface area (Å²) in [5.41, 5.74) is 0.445. The summed E-state index contributed by atoms with van der Waals surface area (Å²) in [6.45, 7) is 4.21. The van der Waals surface area contributed by atoms with Gasteiger partial charge in [0.05, 0.1) is 17.7 Å². The van der Waals surface area contributed by atoms with E-state index < -0.39 is 5.41 Å². The van der Waals surface area contributed by atoms with E-state index in [0.717, 1.165) is 42.5 Å². The molecular weight excluding hydrogens is 338 g/mol. The number of hydrogen-bond donors (Lipinski definition) is 2. The van der Waals surface area contributed by atoms with Gasteiger partial charge in [-0.15, -0.1) is 0 Å². The minimum atomic E-state index is -0.470. The van der Waals surface area contributed by atoms with Crippen LogP contribution in [0.4, 0.5) is 0 Å². The first-order valence-corrected chi connectivity index (χ1v) is 10.1. The number of rotatable bonds is 4. The van der Waals surface area contributed by atoms with Crippen LogP contribution >= 0.6 is 11.8 Å². The highest BCUT2D eigenvalue weighted by molar-refractivity contribution is 7.99. The fraction of sp³-hybridized carbons (Fsp3) is 0.706. The Balaban J connectivity index is 1.27. The minimum Gasteiger partial charge on any atom is -0.350 e. The van der Waals surface area contributed by atoms with E-state index in [1.807, 2.05) is 11.1 Å². The molecule has 1 saturated carbocycles. The van der Waals surface area contributed by atoms with Crippen molar-refractivity contribution in [3.8, 4) is 0 Å². The molecule has 0 unspecified atom stereocenters. The second-order valence-electron chi connectivity index (χ2n) is 7.72. The van der Waals surface area contributed by atoms with Gasteiger partial charge in [-0.05, 0) is 12.8 Å². The van der Waals surface area contributed by atoms with Crippen molar-refractivity contribution in [1.29, 1.82) is 0 Å². The predicted octanol–water partition coefficient (Wildman–Crippen LogP) is 0.0630. The van der Waals surface area contributed by atoms with Crippen molar-refractivity contribution >= 4 is 23.6 Å². The van der Waals surface area contributed by atoms with Gasteiger partial charge in [-0.2, -0.15) is 0 Å². The molecule has 7 nitrogen and oxygen atoms in total. The Morgan fingerprint density at radius 1 is 1.44 bits per heavy atom. The van der Waals surface area contributed by atoms with Gasteiger partial charge < -0.3 is 20.1 Å². The van der Waals surface area contributed by atoms with E-state index >= 15 is 0 Å². The SMILES string of the molecule is O=C(C1CC1)N1C[C@@H]2CNC[C@]2(C(=O)NCc2cn3c(n2)SCC3)C1. The lowest BCUT2D eigenvalue weighted by Crippen LogP contribution is -2.47. The maximum Gasteiger partial charge on any atom is 0.230 e. The van der Waals surface area contributed by atoms with E-state index in [1.54, 1.807) is 11.8 Å². The summed E-state index contributed by atoms with van der Waals surface area (Å²) < 4.78 is 2.15. The second kappa shape index (κ2) is 5.74. The predicted molar refractivity (Wildman–Crippen MR) is 92.9 cm³/mol. The van der Waals surface area contributed by atoms with Gasteiger partial charge >= 0.3 is 0 Å². The van der Waals surface area contributed by atoms with E-state index in [0.29, 0.717) is 26.2 Å². The maximum atomic E-state index is 13.0. The summed E-state index contributed by atoms with van der Waals surface area (Å²) in [6.07, 6.45) is 4.07. The highest BCUT2D eigenvalue weighted by atomic mass is 32.2. The largest absolute Gasteiger partial charge is 0.350 e. The van der Waals surface area contributed by atoms with E-state index in [1.165, 1.54) is 0 Å². The van der Waals surface area contributed by atoms with Gasteiger partial charge in [-0.3, -0.25) is 9.59 Å². The Labute approximate surface area is 150 Å². The van der Waals surface area contributed by atoms with Crippen LogP contribution in [0.3, 0.4) is 0 Å². The maximum absolute atomic E-state index is 13.0. The van der Waals surface area contributed by atoms with E-state index in [-0.39, 0.29) is 23.7 Å². The number of fused-ring (bicyclic) bond motifs is 2. The molecule has 8 heteroatoms. The lowest BCUT2D eigenvalue weighted by atomic mass is 9.80. The van der Waals surface area contributed by atoms with E-state index in [2.05, 4.69) is 20.2 Å². The van der Waals surface area contributed by atoms with Gasteiger partial charge in [0.15, 0.2) is 5.16 Å². The number of aromatic nitrogens is 2. The zero-order valence-corrected chi connectivity index (χ0v) is 15.0. The Morgan fingerprint density at radius 2 is 2.32 bits per heavy atom.